The van der Waals surface area contributed by atoms with E-state index < -0.39 is 0 Å². The summed E-state index contributed by atoms with van der Waals surface area (Å²) < 4.78 is 0. The summed E-state index contributed by atoms with van der Waals surface area (Å²) in [6.07, 6.45) is 0. The Labute approximate surface area is 173 Å². The summed E-state index contributed by atoms with van der Waals surface area (Å²) >= 11 is 0. The van der Waals surface area contributed by atoms with Crippen molar-refractivity contribution in [1.82, 2.24) is 0 Å². The lowest BCUT2D eigenvalue weighted by Gasteiger charge is -2.17. The lowest BCUT2D eigenvalue weighted by atomic mass is 9.87. The number of hydrogen-bond donors (Lipinski definition) is 2. The van der Waals surface area contributed by atoms with Crippen LogP contribution in [0.2, 0.25) is 0 Å². The Morgan fingerprint density at radius 3 is 1.20 bits per heavy atom. The second-order valence-corrected chi connectivity index (χ2v) is 7.68. The van der Waals surface area contributed by atoms with Crippen LogP contribution in [0.15, 0.2) is 97.1 Å². The zero-order valence-electron chi connectivity index (χ0n) is 16.1. The predicted molar refractivity (Wildman–Crippen MR) is 124 cm³/mol. The average molecular weight is 386 g/mol. The molecule has 6 aromatic carbocycles. The molecule has 0 aliphatic heterocycles. The van der Waals surface area contributed by atoms with Gasteiger partial charge in [-0.2, -0.15) is 0 Å². The van der Waals surface area contributed by atoms with Crippen molar-refractivity contribution in [2.75, 3.05) is 0 Å². The van der Waals surface area contributed by atoms with Crippen molar-refractivity contribution in [1.29, 1.82) is 0 Å². The van der Waals surface area contributed by atoms with E-state index in [9.17, 15) is 10.2 Å². The minimum atomic E-state index is 0.280. The highest BCUT2D eigenvalue weighted by atomic mass is 16.3. The van der Waals surface area contributed by atoms with Crippen LogP contribution in [0.3, 0.4) is 0 Å². The molecule has 0 spiro atoms. The topological polar surface area (TPSA) is 40.5 Å². The van der Waals surface area contributed by atoms with Gasteiger partial charge in [-0.25, -0.2) is 0 Å². The maximum atomic E-state index is 10.5. The van der Waals surface area contributed by atoms with E-state index >= 15 is 0 Å². The molecule has 0 fully saturated rings. The Hall–Kier alpha value is -4.04. The molecule has 0 saturated heterocycles. The lowest BCUT2D eigenvalue weighted by Crippen LogP contribution is -1.90. The summed E-state index contributed by atoms with van der Waals surface area (Å²) in [6.45, 7) is 0. The summed E-state index contributed by atoms with van der Waals surface area (Å²) in [7, 11) is 0. The molecule has 0 bridgehead atoms. The van der Waals surface area contributed by atoms with Crippen LogP contribution in [0.25, 0.3) is 54.6 Å². The highest BCUT2D eigenvalue weighted by Gasteiger charge is 2.16. The fraction of sp³-hybridized carbons (Fsp3) is 0. The number of benzene rings is 6. The third-order valence-corrected chi connectivity index (χ3v) is 6.05. The molecule has 0 heterocycles. The van der Waals surface area contributed by atoms with Gasteiger partial charge in [0.2, 0.25) is 0 Å². The van der Waals surface area contributed by atoms with Gasteiger partial charge in [0, 0.05) is 11.1 Å². The molecule has 6 rings (SSSR count). The SMILES string of the molecule is Oc1ccccc1-c1ccc2ccc3ccc(-c4ccccc4O)c4ccc1c2c34. The van der Waals surface area contributed by atoms with E-state index in [4.69, 9.17) is 0 Å². The minimum Gasteiger partial charge on any atom is -0.507 e. The fourth-order valence-corrected chi connectivity index (χ4v) is 4.67. The molecule has 142 valence electrons. The van der Waals surface area contributed by atoms with Gasteiger partial charge in [-0.3, -0.25) is 0 Å². The molecule has 0 aliphatic carbocycles. The Balaban J connectivity index is 1.76. The third kappa shape index (κ3) is 2.31. The van der Waals surface area contributed by atoms with Crippen LogP contribution in [-0.2, 0) is 0 Å². The van der Waals surface area contributed by atoms with Crippen LogP contribution in [0.1, 0.15) is 0 Å². The molecule has 2 heteroatoms. The van der Waals surface area contributed by atoms with E-state index in [1.54, 1.807) is 12.1 Å². The highest BCUT2D eigenvalue weighted by molar-refractivity contribution is 6.27. The van der Waals surface area contributed by atoms with Crippen LogP contribution < -0.4 is 0 Å². The smallest absolute Gasteiger partial charge is 0.123 e. The van der Waals surface area contributed by atoms with Crippen molar-refractivity contribution < 1.29 is 10.2 Å². The standard InChI is InChI=1S/C28H18O2/c29-25-7-3-1-5-21(25)19-13-11-17-9-10-18-12-14-20(22-6-2-4-8-26(22)30)24-16-15-23(19)27(17)28(18)24/h1-16,29-30H. The minimum absolute atomic E-state index is 0.280. The first-order valence-electron chi connectivity index (χ1n) is 9.99. The Kier molecular flexibility index (Phi) is 3.50. The van der Waals surface area contributed by atoms with Crippen molar-refractivity contribution in [3.05, 3.63) is 97.1 Å². The van der Waals surface area contributed by atoms with Crippen molar-refractivity contribution in [2.24, 2.45) is 0 Å². The molecular formula is C28H18O2. The maximum absolute atomic E-state index is 10.5. The number of hydrogen-bond acceptors (Lipinski definition) is 2. The molecule has 2 nitrogen and oxygen atoms in total. The van der Waals surface area contributed by atoms with Gasteiger partial charge in [0.15, 0.2) is 0 Å². The number of para-hydroxylation sites is 2. The molecule has 0 unspecified atom stereocenters. The second kappa shape index (κ2) is 6.23. The highest BCUT2D eigenvalue weighted by Crippen LogP contribution is 2.44. The van der Waals surface area contributed by atoms with E-state index in [-0.39, 0.29) is 11.5 Å². The van der Waals surface area contributed by atoms with Gasteiger partial charge in [0.05, 0.1) is 0 Å². The van der Waals surface area contributed by atoms with Crippen molar-refractivity contribution >= 4 is 32.3 Å². The number of rotatable bonds is 2. The van der Waals surface area contributed by atoms with E-state index in [1.807, 2.05) is 36.4 Å². The van der Waals surface area contributed by atoms with Gasteiger partial charge < -0.3 is 10.2 Å². The number of phenols is 2. The van der Waals surface area contributed by atoms with Crippen molar-refractivity contribution in [2.45, 2.75) is 0 Å². The maximum Gasteiger partial charge on any atom is 0.123 e. The van der Waals surface area contributed by atoms with Crippen LogP contribution in [0, 0.1) is 0 Å². The first-order valence-corrected chi connectivity index (χ1v) is 9.99. The van der Waals surface area contributed by atoms with E-state index in [0.29, 0.717) is 0 Å². The molecule has 30 heavy (non-hydrogen) atoms. The van der Waals surface area contributed by atoms with Crippen LogP contribution in [0.5, 0.6) is 11.5 Å². The fourth-order valence-electron chi connectivity index (χ4n) is 4.67. The molecule has 0 atom stereocenters. The van der Waals surface area contributed by atoms with Crippen molar-refractivity contribution in [3.63, 3.8) is 0 Å². The molecule has 0 radical (unpaired) electrons. The van der Waals surface area contributed by atoms with E-state index in [1.165, 1.54) is 10.8 Å². The summed E-state index contributed by atoms with van der Waals surface area (Å²) in [6, 6.07) is 31.9. The quantitative estimate of drug-likeness (QED) is 0.306. The molecule has 2 N–H and O–H groups in total. The lowest BCUT2D eigenvalue weighted by molar-refractivity contribution is 0.477. The van der Waals surface area contributed by atoms with Crippen LogP contribution in [0.4, 0.5) is 0 Å². The van der Waals surface area contributed by atoms with Crippen LogP contribution >= 0.6 is 0 Å². The molecule has 6 aromatic rings. The summed E-state index contributed by atoms with van der Waals surface area (Å²) in [5, 5.41) is 27.8. The molecule has 0 aliphatic rings. The van der Waals surface area contributed by atoms with Gasteiger partial charge in [-0.05, 0) is 55.6 Å². The Morgan fingerprint density at radius 2 is 0.767 bits per heavy atom. The second-order valence-electron chi connectivity index (χ2n) is 7.68. The van der Waals surface area contributed by atoms with E-state index in [0.717, 1.165) is 43.8 Å². The van der Waals surface area contributed by atoms with Gasteiger partial charge in [0.25, 0.3) is 0 Å². The summed E-state index contributed by atoms with van der Waals surface area (Å²) in [5.41, 5.74) is 3.69. The third-order valence-electron chi connectivity index (χ3n) is 6.05. The molecule has 0 saturated carbocycles. The first kappa shape index (κ1) is 16.9. The van der Waals surface area contributed by atoms with Gasteiger partial charge in [-0.1, -0.05) is 84.9 Å². The first-order chi connectivity index (χ1) is 14.7. The molecule has 0 aromatic heterocycles. The average Bonchev–Trinajstić information content (AvgIpc) is 2.78. The number of phenolic OH excluding ortho intramolecular Hbond substituents is 2. The molecule has 0 amide bonds. The number of aromatic hydroxyl groups is 2. The zero-order chi connectivity index (χ0) is 20.2. The summed E-state index contributed by atoms with van der Waals surface area (Å²) in [4.78, 5) is 0. The molecular weight excluding hydrogens is 368 g/mol. The Bertz CT molecular complexity index is 1440. The normalized spacial score (nSPS) is 11.6. The summed E-state index contributed by atoms with van der Waals surface area (Å²) in [5.74, 6) is 0.560. The largest absolute Gasteiger partial charge is 0.507 e. The van der Waals surface area contributed by atoms with Gasteiger partial charge >= 0.3 is 0 Å². The monoisotopic (exact) mass is 386 g/mol. The van der Waals surface area contributed by atoms with Crippen LogP contribution in [-0.4, -0.2) is 10.2 Å². The van der Waals surface area contributed by atoms with E-state index in [2.05, 4.69) is 48.5 Å². The van der Waals surface area contributed by atoms with Gasteiger partial charge in [0.1, 0.15) is 11.5 Å². The Morgan fingerprint density at radius 1 is 0.367 bits per heavy atom. The zero-order valence-corrected chi connectivity index (χ0v) is 16.1. The van der Waals surface area contributed by atoms with Gasteiger partial charge in [-0.15, -0.1) is 0 Å². The van der Waals surface area contributed by atoms with Crippen molar-refractivity contribution in [3.8, 4) is 33.8 Å². The predicted octanol–water partition coefficient (Wildman–Crippen LogP) is 7.33.